The number of hydrogen-bond donors (Lipinski definition) is 0. The first kappa shape index (κ1) is 19.3. The summed E-state index contributed by atoms with van der Waals surface area (Å²) in [5.74, 6) is 0. The van der Waals surface area contributed by atoms with E-state index in [-0.39, 0.29) is 0 Å². The number of rotatable bonds is 12. The Labute approximate surface area is 122 Å². The van der Waals surface area contributed by atoms with Gasteiger partial charge in [0.25, 0.3) is 0 Å². The summed E-state index contributed by atoms with van der Waals surface area (Å²) in [5, 5.41) is 0. The fourth-order valence-corrected chi connectivity index (χ4v) is 8.47. The minimum atomic E-state index is -2.02. The predicted octanol–water partition coefficient (Wildman–Crippen LogP) is 4.82. The lowest BCUT2D eigenvalue weighted by molar-refractivity contribution is 0.191. The van der Waals surface area contributed by atoms with Gasteiger partial charge >= 0.3 is 17.1 Å². The van der Waals surface area contributed by atoms with Gasteiger partial charge in [-0.15, -0.1) is 0 Å². The average molecular weight is 307 g/mol. The van der Waals surface area contributed by atoms with Crippen LogP contribution in [-0.4, -0.2) is 30.3 Å². The molecule has 0 amide bonds. The van der Waals surface area contributed by atoms with Gasteiger partial charge in [-0.25, -0.2) is 0 Å². The lowest BCUT2D eigenvalue weighted by Crippen LogP contribution is -2.48. The van der Waals surface area contributed by atoms with Crippen LogP contribution in [0.5, 0.6) is 0 Å². The van der Waals surface area contributed by atoms with Crippen LogP contribution in [-0.2, 0) is 13.0 Å². The van der Waals surface area contributed by atoms with Gasteiger partial charge in [0.05, 0.1) is 0 Å². The van der Waals surface area contributed by atoms with Gasteiger partial charge in [0, 0.05) is 13.2 Å². The Morgan fingerprint density at radius 1 is 0.632 bits per heavy atom. The van der Waals surface area contributed by atoms with Crippen LogP contribution in [0, 0.1) is 0 Å². The van der Waals surface area contributed by atoms with E-state index in [9.17, 15) is 0 Å². The molecule has 0 rings (SSSR count). The average Bonchev–Trinajstić information content (AvgIpc) is 2.29. The number of hydrogen-bond acceptors (Lipinski definition) is 3. The second kappa shape index (κ2) is 10.1. The molecule has 3 nitrogen and oxygen atoms in total. The van der Waals surface area contributed by atoms with Crippen LogP contribution >= 0.6 is 0 Å². The van der Waals surface area contributed by atoms with Crippen LogP contribution in [0.25, 0.3) is 0 Å². The highest BCUT2D eigenvalue weighted by atomic mass is 28.5. The zero-order valence-electron chi connectivity index (χ0n) is 13.9. The Morgan fingerprint density at radius 2 is 1.00 bits per heavy atom. The molecule has 0 aromatic heterocycles. The van der Waals surface area contributed by atoms with E-state index in [0.29, 0.717) is 0 Å². The standard InChI is InChI=1S/C14H34O3Si2/c1-7-9-11-13-15-18(3,4)17-19(5,6)16-14-12-10-8-2/h7-14H2,1-6H3. The molecule has 0 heterocycles. The topological polar surface area (TPSA) is 27.7 Å². The molecule has 0 aliphatic carbocycles. The summed E-state index contributed by atoms with van der Waals surface area (Å²) in [5.41, 5.74) is 0. The summed E-state index contributed by atoms with van der Waals surface area (Å²) in [6.07, 6.45) is 7.20. The van der Waals surface area contributed by atoms with Gasteiger partial charge in [0.1, 0.15) is 0 Å². The van der Waals surface area contributed by atoms with Crippen molar-refractivity contribution >= 4 is 17.1 Å². The Bertz CT molecular complexity index is 199. The van der Waals surface area contributed by atoms with E-state index in [2.05, 4.69) is 40.0 Å². The lowest BCUT2D eigenvalue weighted by Gasteiger charge is -2.32. The van der Waals surface area contributed by atoms with Crippen molar-refractivity contribution in [3.8, 4) is 0 Å². The van der Waals surface area contributed by atoms with Crippen molar-refractivity contribution in [2.24, 2.45) is 0 Å². The third-order valence-electron chi connectivity index (χ3n) is 2.89. The van der Waals surface area contributed by atoms with Crippen molar-refractivity contribution in [1.82, 2.24) is 0 Å². The number of unbranched alkanes of at least 4 members (excludes halogenated alkanes) is 4. The summed E-state index contributed by atoms with van der Waals surface area (Å²) in [6, 6.07) is 0. The van der Waals surface area contributed by atoms with Crippen molar-refractivity contribution in [2.45, 2.75) is 78.6 Å². The summed E-state index contributed by atoms with van der Waals surface area (Å²) in [7, 11) is -4.04. The molecule has 0 unspecified atom stereocenters. The fraction of sp³-hybridized carbons (Fsp3) is 1.00. The molecule has 0 N–H and O–H groups in total. The van der Waals surface area contributed by atoms with Crippen LogP contribution in [0.4, 0.5) is 0 Å². The molecule has 0 bridgehead atoms. The first-order valence-electron chi connectivity index (χ1n) is 7.81. The molecule has 0 aliphatic heterocycles. The van der Waals surface area contributed by atoms with Gasteiger partial charge < -0.3 is 13.0 Å². The minimum Gasteiger partial charge on any atom is -0.415 e. The van der Waals surface area contributed by atoms with E-state index >= 15 is 0 Å². The first-order valence-corrected chi connectivity index (χ1v) is 13.4. The molecule has 116 valence electrons. The maximum Gasteiger partial charge on any atom is 0.322 e. The molecule has 0 aliphatic rings. The molecule has 0 saturated heterocycles. The zero-order chi connectivity index (χ0) is 14.8. The summed E-state index contributed by atoms with van der Waals surface area (Å²) < 4.78 is 18.2. The molecule has 0 aromatic carbocycles. The van der Waals surface area contributed by atoms with Crippen LogP contribution in [0.3, 0.4) is 0 Å². The van der Waals surface area contributed by atoms with Gasteiger partial charge in [0.2, 0.25) is 0 Å². The third kappa shape index (κ3) is 11.8. The van der Waals surface area contributed by atoms with Crippen LogP contribution in [0.15, 0.2) is 0 Å². The van der Waals surface area contributed by atoms with Crippen molar-refractivity contribution < 1.29 is 13.0 Å². The van der Waals surface area contributed by atoms with E-state index in [0.717, 1.165) is 26.1 Å². The van der Waals surface area contributed by atoms with Crippen molar-refractivity contribution in [3.63, 3.8) is 0 Å². The highest BCUT2D eigenvalue weighted by Gasteiger charge is 2.36. The smallest absolute Gasteiger partial charge is 0.322 e. The van der Waals surface area contributed by atoms with E-state index in [1.807, 2.05) is 0 Å². The predicted molar refractivity (Wildman–Crippen MR) is 87.0 cm³/mol. The quantitative estimate of drug-likeness (QED) is 0.382. The van der Waals surface area contributed by atoms with E-state index < -0.39 is 17.1 Å². The highest BCUT2D eigenvalue weighted by Crippen LogP contribution is 2.17. The van der Waals surface area contributed by atoms with Crippen LogP contribution in [0.1, 0.15) is 52.4 Å². The normalized spacial score (nSPS) is 12.9. The zero-order valence-corrected chi connectivity index (χ0v) is 15.9. The first-order chi connectivity index (χ1) is 8.83. The molecular formula is C14H34O3Si2. The van der Waals surface area contributed by atoms with Gasteiger partial charge in [-0.05, 0) is 39.0 Å². The Hall–Kier alpha value is 0.314. The summed E-state index contributed by atoms with van der Waals surface area (Å²) in [4.78, 5) is 0. The van der Waals surface area contributed by atoms with Crippen LogP contribution in [0.2, 0.25) is 26.2 Å². The van der Waals surface area contributed by atoms with Crippen molar-refractivity contribution in [3.05, 3.63) is 0 Å². The lowest BCUT2D eigenvalue weighted by atomic mass is 10.3. The molecule has 0 fully saturated rings. The largest absolute Gasteiger partial charge is 0.415 e. The second-order valence-corrected chi connectivity index (χ2v) is 13.0. The molecule has 19 heavy (non-hydrogen) atoms. The van der Waals surface area contributed by atoms with Gasteiger partial charge in [-0.3, -0.25) is 0 Å². The SMILES string of the molecule is CCCCCO[Si](C)(C)O[Si](C)(C)OCCCCC. The minimum absolute atomic E-state index is 0.827. The molecule has 0 atom stereocenters. The van der Waals surface area contributed by atoms with Gasteiger partial charge in [0.15, 0.2) is 0 Å². The second-order valence-electron chi connectivity index (χ2n) is 6.01. The maximum absolute atomic E-state index is 6.22. The summed E-state index contributed by atoms with van der Waals surface area (Å²) >= 11 is 0. The summed E-state index contributed by atoms with van der Waals surface area (Å²) in [6.45, 7) is 14.6. The molecule has 0 saturated carbocycles. The monoisotopic (exact) mass is 306 g/mol. The van der Waals surface area contributed by atoms with Crippen LogP contribution < -0.4 is 0 Å². The van der Waals surface area contributed by atoms with Gasteiger partial charge in [-0.2, -0.15) is 0 Å². The van der Waals surface area contributed by atoms with Crippen molar-refractivity contribution in [1.29, 1.82) is 0 Å². The fourth-order valence-electron chi connectivity index (χ4n) is 1.99. The Morgan fingerprint density at radius 3 is 1.32 bits per heavy atom. The van der Waals surface area contributed by atoms with E-state index in [1.165, 1.54) is 25.7 Å². The highest BCUT2D eigenvalue weighted by molar-refractivity contribution is 6.78. The molecular weight excluding hydrogens is 272 g/mol. The maximum atomic E-state index is 6.22. The van der Waals surface area contributed by atoms with Crippen molar-refractivity contribution in [2.75, 3.05) is 13.2 Å². The Kier molecular flexibility index (Phi) is 10.3. The van der Waals surface area contributed by atoms with Gasteiger partial charge in [-0.1, -0.05) is 39.5 Å². The van der Waals surface area contributed by atoms with E-state index in [4.69, 9.17) is 13.0 Å². The molecule has 0 spiro atoms. The third-order valence-corrected chi connectivity index (χ3v) is 8.62. The molecule has 0 aromatic rings. The molecule has 5 heteroatoms. The Balaban J connectivity index is 3.93. The van der Waals surface area contributed by atoms with E-state index in [1.54, 1.807) is 0 Å². The molecule has 0 radical (unpaired) electrons.